The summed E-state index contributed by atoms with van der Waals surface area (Å²) in [6.07, 6.45) is 5.27. The minimum Gasteiger partial charge on any atom is -0.486 e. The lowest BCUT2D eigenvalue weighted by atomic mass is 9.76. The maximum atomic E-state index is 13.1. The predicted molar refractivity (Wildman–Crippen MR) is 118 cm³/mol. The minimum atomic E-state index is -0.541. The Morgan fingerprint density at radius 2 is 1.78 bits per heavy atom. The summed E-state index contributed by atoms with van der Waals surface area (Å²) in [5.41, 5.74) is 1.62. The number of ether oxygens (including phenoxy) is 2. The highest BCUT2D eigenvalue weighted by Crippen LogP contribution is 2.50. The molecule has 1 unspecified atom stereocenters. The van der Waals surface area contributed by atoms with E-state index in [-0.39, 0.29) is 17.8 Å². The molecule has 32 heavy (non-hydrogen) atoms. The number of hydrogen-bond donors (Lipinski definition) is 1. The largest absolute Gasteiger partial charge is 0.486 e. The first-order valence-corrected chi connectivity index (χ1v) is 11.2. The molecular formula is C26H23NO5. The van der Waals surface area contributed by atoms with Crippen molar-refractivity contribution in [1.82, 2.24) is 4.98 Å². The number of H-pyrrole nitrogens is 1. The molecule has 1 aliphatic carbocycles. The van der Waals surface area contributed by atoms with Crippen LogP contribution in [-0.4, -0.2) is 22.3 Å². The molecule has 6 rings (SSSR count). The summed E-state index contributed by atoms with van der Waals surface area (Å²) in [5, 5.41) is 0.883. The number of aromatic nitrogens is 1. The first-order chi connectivity index (χ1) is 15.5. The monoisotopic (exact) mass is 429 g/mol. The number of benzene rings is 2. The summed E-state index contributed by atoms with van der Waals surface area (Å²) >= 11 is 0. The minimum absolute atomic E-state index is 0.0232. The number of Topliss-reactive ketones (excluding diaryl/α,β-unsaturated/α-hetero) is 1. The van der Waals surface area contributed by atoms with E-state index in [0.717, 1.165) is 43.0 Å². The summed E-state index contributed by atoms with van der Waals surface area (Å²) < 4.78 is 12.2. The van der Waals surface area contributed by atoms with E-state index < -0.39 is 17.5 Å². The molecule has 1 aromatic heterocycles. The third-order valence-corrected chi connectivity index (χ3v) is 7.12. The number of hydrogen-bond acceptors (Lipinski definition) is 5. The summed E-state index contributed by atoms with van der Waals surface area (Å²) in [7, 11) is 0. The van der Waals surface area contributed by atoms with Gasteiger partial charge in [-0.05, 0) is 55.3 Å². The van der Waals surface area contributed by atoms with Gasteiger partial charge in [0.25, 0.3) is 5.56 Å². The van der Waals surface area contributed by atoms with E-state index in [9.17, 15) is 14.4 Å². The van der Waals surface area contributed by atoms with Crippen molar-refractivity contribution < 1.29 is 19.1 Å². The molecule has 6 heteroatoms. The molecule has 3 aliphatic rings. The Labute approximate surface area is 184 Å². The van der Waals surface area contributed by atoms with E-state index in [1.54, 1.807) is 12.1 Å². The molecule has 0 amide bonds. The number of aromatic amines is 1. The number of para-hydroxylation sites is 1. The number of fused-ring (bicyclic) bond motifs is 4. The van der Waals surface area contributed by atoms with E-state index in [0.29, 0.717) is 34.6 Å². The molecule has 1 saturated carbocycles. The fourth-order valence-corrected chi connectivity index (χ4v) is 5.57. The molecule has 2 aliphatic heterocycles. The second-order valence-electron chi connectivity index (χ2n) is 9.17. The van der Waals surface area contributed by atoms with Crippen LogP contribution in [0.4, 0.5) is 0 Å². The first kappa shape index (κ1) is 19.3. The molecule has 1 atom stereocenters. The van der Waals surface area contributed by atoms with Gasteiger partial charge < -0.3 is 14.5 Å². The molecule has 0 bridgehead atoms. The Kier molecular flexibility index (Phi) is 4.25. The van der Waals surface area contributed by atoms with Crippen LogP contribution in [-0.2, 0) is 4.79 Å². The van der Waals surface area contributed by atoms with Gasteiger partial charge in [0.15, 0.2) is 5.78 Å². The van der Waals surface area contributed by atoms with Gasteiger partial charge >= 0.3 is 5.97 Å². The van der Waals surface area contributed by atoms with Crippen LogP contribution in [0.1, 0.15) is 72.3 Å². The molecule has 2 aromatic carbocycles. The summed E-state index contributed by atoms with van der Waals surface area (Å²) in [5.74, 6) is -0.0198. The lowest BCUT2D eigenvalue weighted by Gasteiger charge is -2.42. The van der Waals surface area contributed by atoms with E-state index in [1.165, 1.54) is 0 Å². The first-order valence-electron chi connectivity index (χ1n) is 11.2. The number of carbonyl (C=O) groups excluding carboxylic acids is 2. The van der Waals surface area contributed by atoms with E-state index >= 15 is 0 Å². The number of nitrogens with one attached hydrogen (secondary N) is 1. The average Bonchev–Trinajstić information content (AvgIpc) is 2.78. The summed E-state index contributed by atoms with van der Waals surface area (Å²) in [6, 6.07) is 12.7. The highest BCUT2D eigenvalue weighted by atomic mass is 16.5. The molecule has 3 aromatic rings. The zero-order valence-corrected chi connectivity index (χ0v) is 17.6. The second-order valence-corrected chi connectivity index (χ2v) is 9.17. The maximum absolute atomic E-state index is 13.1. The van der Waals surface area contributed by atoms with E-state index in [1.807, 2.05) is 30.3 Å². The van der Waals surface area contributed by atoms with Gasteiger partial charge in [0.1, 0.15) is 17.1 Å². The molecule has 3 heterocycles. The number of ketones is 1. The Hall–Kier alpha value is -3.41. The van der Waals surface area contributed by atoms with E-state index in [2.05, 4.69) is 4.98 Å². The number of esters is 1. The molecule has 1 fully saturated rings. The van der Waals surface area contributed by atoms with Gasteiger partial charge in [-0.1, -0.05) is 24.6 Å². The third kappa shape index (κ3) is 2.97. The Morgan fingerprint density at radius 1 is 0.969 bits per heavy atom. The van der Waals surface area contributed by atoms with Gasteiger partial charge in [0, 0.05) is 22.6 Å². The normalized spacial score (nSPS) is 21.6. The number of rotatable bonds is 1. The van der Waals surface area contributed by atoms with Gasteiger partial charge in [-0.25, -0.2) is 0 Å². The molecule has 162 valence electrons. The fraction of sp³-hybridized carbons (Fsp3) is 0.346. The zero-order chi connectivity index (χ0) is 21.9. The molecule has 0 radical (unpaired) electrons. The topological polar surface area (TPSA) is 85.5 Å². The van der Waals surface area contributed by atoms with Crippen LogP contribution in [0.25, 0.3) is 10.9 Å². The van der Waals surface area contributed by atoms with Crippen LogP contribution in [0.3, 0.4) is 0 Å². The van der Waals surface area contributed by atoms with E-state index in [4.69, 9.17) is 9.47 Å². The predicted octanol–water partition coefficient (Wildman–Crippen LogP) is 4.64. The lowest BCUT2D eigenvalue weighted by Crippen LogP contribution is -2.44. The van der Waals surface area contributed by atoms with Crippen LogP contribution in [0.15, 0.2) is 47.3 Å². The van der Waals surface area contributed by atoms with Crippen LogP contribution in [0, 0.1) is 0 Å². The maximum Gasteiger partial charge on any atom is 0.312 e. The standard InChI is InChI=1S/C26H23NO5/c28-20-14-26(10-4-1-5-11-26)32-24-16(20)8-9-21-23(24)17(13-22(29)31-21)18-12-15-6-2-3-7-19(15)27-25(18)30/h2-3,6-9,12,17H,1,4-5,10-11,13-14H2,(H,27,30). The second kappa shape index (κ2) is 7.05. The molecule has 0 saturated heterocycles. The lowest BCUT2D eigenvalue weighted by molar-refractivity contribution is -0.135. The van der Waals surface area contributed by atoms with Crippen molar-refractivity contribution in [2.75, 3.05) is 0 Å². The molecule has 1 N–H and O–H groups in total. The van der Waals surface area contributed by atoms with Crippen molar-refractivity contribution >= 4 is 22.7 Å². The molecule has 6 nitrogen and oxygen atoms in total. The zero-order valence-electron chi connectivity index (χ0n) is 17.6. The highest BCUT2D eigenvalue weighted by Gasteiger charge is 2.45. The number of carbonyl (C=O) groups is 2. The van der Waals surface area contributed by atoms with Gasteiger partial charge in [0.2, 0.25) is 0 Å². The van der Waals surface area contributed by atoms with Gasteiger partial charge in [-0.3, -0.25) is 14.4 Å². The molecular weight excluding hydrogens is 406 g/mol. The summed E-state index contributed by atoms with van der Waals surface area (Å²) in [6.45, 7) is 0. The Bertz CT molecular complexity index is 1330. The van der Waals surface area contributed by atoms with Crippen molar-refractivity contribution in [1.29, 1.82) is 0 Å². The smallest absolute Gasteiger partial charge is 0.312 e. The fourth-order valence-electron chi connectivity index (χ4n) is 5.57. The van der Waals surface area contributed by atoms with Crippen LogP contribution in [0.2, 0.25) is 0 Å². The van der Waals surface area contributed by atoms with Crippen molar-refractivity contribution in [3.8, 4) is 11.5 Å². The quantitative estimate of drug-likeness (QED) is 0.450. The van der Waals surface area contributed by atoms with Gasteiger partial charge in [-0.15, -0.1) is 0 Å². The highest BCUT2D eigenvalue weighted by molar-refractivity contribution is 6.01. The Morgan fingerprint density at radius 3 is 2.62 bits per heavy atom. The third-order valence-electron chi connectivity index (χ3n) is 7.12. The SMILES string of the molecule is O=C1CC(c2cc3ccccc3[nH]c2=O)c2c(ccc3c2OC2(CCCCC2)CC3=O)O1. The van der Waals surface area contributed by atoms with Crippen LogP contribution in [0.5, 0.6) is 11.5 Å². The van der Waals surface area contributed by atoms with Crippen LogP contribution < -0.4 is 15.0 Å². The summed E-state index contributed by atoms with van der Waals surface area (Å²) in [4.78, 5) is 41.6. The molecule has 1 spiro atoms. The van der Waals surface area contributed by atoms with Gasteiger partial charge in [0.05, 0.1) is 18.4 Å². The van der Waals surface area contributed by atoms with Crippen LogP contribution >= 0.6 is 0 Å². The Balaban J connectivity index is 1.55. The van der Waals surface area contributed by atoms with Gasteiger partial charge in [-0.2, -0.15) is 0 Å². The van der Waals surface area contributed by atoms with Crippen molar-refractivity contribution in [2.45, 2.75) is 56.5 Å². The van der Waals surface area contributed by atoms with Crippen molar-refractivity contribution in [2.24, 2.45) is 0 Å². The van der Waals surface area contributed by atoms with Crippen molar-refractivity contribution in [3.05, 3.63) is 69.5 Å². The van der Waals surface area contributed by atoms with Crippen molar-refractivity contribution in [3.63, 3.8) is 0 Å². The average molecular weight is 429 g/mol. The number of pyridine rings is 1.